The first-order valence-electron chi connectivity index (χ1n) is 11.1. The summed E-state index contributed by atoms with van der Waals surface area (Å²) in [6.45, 7) is 3.89. The third kappa shape index (κ3) is 4.69. The summed E-state index contributed by atoms with van der Waals surface area (Å²) in [6, 6.07) is 11.6. The molecule has 0 spiro atoms. The van der Waals surface area contributed by atoms with Gasteiger partial charge in [0, 0.05) is 49.1 Å². The molecule has 34 heavy (non-hydrogen) atoms. The minimum absolute atomic E-state index is 0.146. The molecule has 0 aliphatic carbocycles. The van der Waals surface area contributed by atoms with Gasteiger partial charge in [-0.1, -0.05) is 0 Å². The van der Waals surface area contributed by atoms with E-state index in [1.807, 2.05) is 37.3 Å². The first-order chi connectivity index (χ1) is 16.6. The Morgan fingerprint density at radius 2 is 1.88 bits per heavy atom. The zero-order valence-electron chi connectivity index (χ0n) is 19.0. The van der Waals surface area contributed by atoms with Crippen LogP contribution in [0.25, 0.3) is 22.3 Å². The minimum Gasteiger partial charge on any atom is -0.488 e. The van der Waals surface area contributed by atoms with Crippen LogP contribution in [0.1, 0.15) is 24.0 Å². The number of nitrogens with zero attached hydrogens (tertiary/aromatic N) is 4. The van der Waals surface area contributed by atoms with Crippen molar-refractivity contribution < 1.29 is 19.0 Å². The maximum atomic E-state index is 12.3. The Kier molecular flexibility index (Phi) is 6.09. The zero-order chi connectivity index (χ0) is 23.5. The molecule has 1 N–H and O–H groups in total. The van der Waals surface area contributed by atoms with Gasteiger partial charge >= 0.3 is 0 Å². The molecule has 1 aliphatic heterocycles. The van der Waals surface area contributed by atoms with Crippen molar-refractivity contribution in [3.05, 3.63) is 60.8 Å². The number of benzene rings is 1. The van der Waals surface area contributed by atoms with Crippen LogP contribution in [0.2, 0.25) is 0 Å². The second-order valence-corrected chi connectivity index (χ2v) is 8.19. The van der Waals surface area contributed by atoms with Crippen molar-refractivity contribution >= 4 is 16.9 Å². The fourth-order valence-corrected chi connectivity index (χ4v) is 3.74. The number of methoxy groups -OCH3 is 1. The lowest BCUT2D eigenvalue weighted by atomic mass is 10.1. The largest absolute Gasteiger partial charge is 0.488 e. The van der Waals surface area contributed by atoms with E-state index >= 15 is 0 Å². The molecule has 3 aromatic heterocycles. The SMILES string of the molecule is COCC(C)Oc1cc(Oc2cnc(C(=O)N3CCC3)nc2)cc(-c2cc3cccnc3[nH]2)c1. The zero-order valence-corrected chi connectivity index (χ0v) is 19.0. The van der Waals surface area contributed by atoms with Crippen LogP contribution in [0.3, 0.4) is 0 Å². The molecule has 1 saturated heterocycles. The lowest BCUT2D eigenvalue weighted by Crippen LogP contribution is -2.42. The molecule has 1 aromatic carbocycles. The standard InChI is InChI=1S/C25H25N5O4/c1-16(15-32-2)33-19-9-18(22-11-17-5-3-6-26-23(17)29-22)10-20(12-19)34-21-13-27-24(28-14-21)25(31)30-7-4-8-30/h3,5-6,9-14,16H,4,7-8,15H2,1-2H3,(H,26,29). The highest BCUT2D eigenvalue weighted by Gasteiger charge is 2.23. The molecular formula is C25H25N5O4. The molecule has 174 valence electrons. The van der Waals surface area contributed by atoms with Crippen molar-refractivity contribution in [2.45, 2.75) is 19.4 Å². The highest BCUT2D eigenvalue weighted by molar-refractivity contribution is 5.90. The molecule has 1 atom stereocenters. The van der Waals surface area contributed by atoms with Crippen LogP contribution in [0, 0.1) is 0 Å². The Morgan fingerprint density at radius 3 is 2.59 bits per heavy atom. The van der Waals surface area contributed by atoms with Crippen LogP contribution >= 0.6 is 0 Å². The fourth-order valence-electron chi connectivity index (χ4n) is 3.74. The summed E-state index contributed by atoms with van der Waals surface area (Å²) in [7, 11) is 1.64. The van der Waals surface area contributed by atoms with E-state index < -0.39 is 0 Å². The number of likely N-dealkylation sites (tertiary alicyclic amines) is 1. The molecule has 0 saturated carbocycles. The molecule has 1 fully saturated rings. The van der Waals surface area contributed by atoms with Crippen molar-refractivity contribution in [1.29, 1.82) is 0 Å². The van der Waals surface area contributed by atoms with Gasteiger partial charge in [-0.2, -0.15) is 0 Å². The van der Waals surface area contributed by atoms with Crippen molar-refractivity contribution in [2.75, 3.05) is 26.8 Å². The van der Waals surface area contributed by atoms with E-state index in [0.717, 1.165) is 41.8 Å². The molecule has 0 bridgehead atoms. The fraction of sp³-hybridized carbons (Fsp3) is 0.280. The van der Waals surface area contributed by atoms with Crippen LogP contribution in [0.5, 0.6) is 17.2 Å². The van der Waals surface area contributed by atoms with Gasteiger partial charge in [0.25, 0.3) is 5.91 Å². The topological polar surface area (TPSA) is 102 Å². The van der Waals surface area contributed by atoms with E-state index in [4.69, 9.17) is 14.2 Å². The number of amides is 1. The summed E-state index contributed by atoms with van der Waals surface area (Å²) < 4.78 is 17.3. The van der Waals surface area contributed by atoms with Gasteiger partial charge in [-0.15, -0.1) is 0 Å². The summed E-state index contributed by atoms with van der Waals surface area (Å²) >= 11 is 0. The maximum Gasteiger partial charge on any atom is 0.291 e. The molecule has 4 aromatic rings. The Hall–Kier alpha value is -3.98. The highest BCUT2D eigenvalue weighted by Crippen LogP contribution is 2.33. The van der Waals surface area contributed by atoms with Gasteiger partial charge in [0.1, 0.15) is 23.3 Å². The maximum absolute atomic E-state index is 12.3. The number of hydrogen-bond donors (Lipinski definition) is 1. The van der Waals surface area contributed by atoms with Crippen molar-refractivity contribution in [1.82, 2.24) is 24.8 Å². The molecule has 9 heteroatoms. The van der Waals surface area contributed by atoms with Crippen LogP contribution in [-0.2, 0) is 4.74 Å². The van der Waals surface area contributed by atoms with Gasteiger partial charge in [0.2, 0.25) is 5.82 Å². The molecule has 9 nitrogen and oxygen atoms in total. The number of ether oxygens (including phenoxy) is 3. The summed E-state index contributed by atoms with van der Waals surface area (Å²) in [5.74, 6) is 1.62. The Balaban J connectivity index is 1.43. The van der Waals surface area contributed by atoms with E-state index in [2.05, 4.69) is 19.9 Å². The monoisotopic (exact) mass is 459 g/mol. The molecule has 5 rings (SSSR count). The summed E-state index contributed by atoms with van der Waals surface area (Å²) in [5.41, 5.74) is 2.56. The first kappa shape index (κ1) is 21.8. The number of rotatable bonds is 8. The lowest BCUT2D eigenvalue weighted by Gasteiger charge is -2.29. The predicted octanol–water partition coefficient (Wildman–Crippen LogP) is 4.07. The third-order valence-electron chi connectivity index (χ3n) is 5.52. The summed E-state index contributed by atoms with van der Waals surface area (Å²) in [5, 5.41) is 1.01. The average Bonchev–Trinajstić information content (AvgIpc) is 3.23. The van der Waals surface area contributed by atoms with Gasteiger partial charge in [0.05, 0.1) is 19.0 Å². The number of carbonyl (C=O) groups is 1. The van der Waals surface area contributed by atoms with Crippen molar-refractivity contribution in [2.24, 2.45) is 0 Å². The Morgan fingerprint density at radius 1 is 1.09 bits per heavy atom. The van der Waals surface area contributed by atoms with E-state index in [1.165, 1.54) is 12.4 Å². The minimum atomic E-state index is -0.157. The predicted molar refractivity (Wildman–Crippen MR) is 126 cm³/mol. The second-order valence-electron chi connectivity index (χ2n) is 8.19. The number of hydrogen-bond acceptors (Lipinski definition) is 7. The quantitative estimate of drug-likeness (QED) is 0.424. The smallest absolute Gasteiger partial charge is 0.291 e. The van der Waals surface area contributed by atoms with E-state index in [9.17, 15) is 4.79 Å². The third-order valence-corrected chi connectivity index (χ3v) is 5.52. The van der Waals surface area contributed by atoms with Gasteiger partial charge in [0.15, 0.2) is 5.75 Å². The molecule has 0 radical (unpaired) electrons. The number of pyridine rings is 1. The highest BCUT2D eigenvalue weighted by atomic mass is 16.5. The summed E-state index contributed by atoms with van der Waals surface area (Å²) in [6.07, 6.45) is 5.64. The van der Waals surface area contributed by atoms with Gasteiger partial charge in [-0.25, -0.2) is 15.0 Å². The summed E-state index contributed by atoms with van der Waals surface area (Å²) in [4.78, 5) is 30.1. The number of aromatic amines is 1. The van der Waals surface area contributed by atoms with Crippen molar-refractivity contribution in [3.63, 3.8) is 0 Å². The van der Waals surface area contributed by atoms with Crippen LogP contribution in [0.4, 0.5) is 0 Å². The number of H-pyrrole nitrogens is 1. The van der Waals surface area contributed by atoms with E-state index in [-0.39, 0.29) is 17.8 Å². The van der Waals surface area contributed by atoms with Crippen LogP contribution in [0.15, 0.2) is 55.0 Å². The number of nitrogens with one attached hydrogen (secondary N) is 1. The number of fused-ring (bicyclic) bond motifs is 1. The molecule has 1 unspecified atom stereocenters. The van der Waals surface area contributed by atoms with Crippen molar-refractivity contribution in [3.8, 4) is 28.5 Å². The Bertz CT molecular complexity index is 1270. The molecule has 4 heterocycles. The van der Waals surface area contributed by atoms with Crippen LogP contribution < -0.4 is 9.47 Å². The molecular weight excluding hydrogens is 434 g/mol. The van der Waals surface area contributed by atoms with E-state index in [1.54, 1.807) is 24.3 Å². The second kappa shape index (κ2) is 9.48. The van der Waals surface area contributed by atoms with Crippen LogP contribution in [-0.4, -0.2) is 63.7 Å². The van der Waals surface area contributed by atoms with Gasteiger partial charge < -0.3 is 24.1 Å². The Labute approximate surface area is 196 Å². The first-order valence-corrected chi connectivity index (χ1v) is 11.1. The lowest BCUT2D eigenvalue weighted by molar-refractivity contribution is 0.0639. The average molecular weight is 460 g/mol. The van der Waals surface area contributed by atoms with E-state index in [0.29, 0.717) is 23.9 Å². The molecule has 1 aliphatic rings. The number of carbonyl (C=O) groups excluding carboxylic acids is 1. The molecule has 1 amide bonds. The van der Waals surface area contributed by atoms with Gasteiger partial charge in [-0.3, -0.25) is 4.79 Å². The van der Waals surface area contributed by atoms with Gasteiger partial charge in [-0.05, 0) is 43.7 Å². The normalized spacial score (nSPS) is 14.0. The number of aromatic nitrogens is 4.